The monoisotopic (exact) mass is 511 g/mol. The van der Waals surface area contributed by atoms with Crippen LogP contribution in [-0.2, 0) is 25.7 Å². The first-order valence-electron chi connectivity index (χ1n) is 13.1. The first-order valence-corrected chi connectivity index (χ1v) is 13.1. The normalized spacial score (nSPS) is 21.2. The number of imide groups is 1. The number of fused-ring (bicyclic) bond motifs is 1. The third kappa shape index (κ3) is 4.64. The summed E-state index contributed by atoms with van der Waals surface area (Å²) in [6, 6.07) is 8.53. The van der Waals surface area contributed by atoms with E-state index >= 15 is 0 Å². The maximum Gasteiger partial charge on any atom is 0.255 e. The summed E-state index contributed by atoms with van der Waals surface area (Å²) < 4.78 is 11.7. The van der Waals surface area contributed by atoms with Gasteiger partial charge in [-0.2, -0.15) is 0 Å². The Bertz CT molecular complexity index is 1340. The molecule has 13 heteroatoms. The molecule has 1 N–H and O–H groups in total. The van der Waals surface area contributed by atoms with E-state index in [1.54, 1.807) is 12.1 Å². The molecule has 2 fully saturated rings. The zero-order valence-electron chi connectivity index (χ0n) is 22.2. The average molecular weight is 511 g/mol. The van der Waals surface area contributed by atoms with Gasteiger partial charge in [0.05, 0.1) is 19.2 Å². The van der Waals surface area contributed by atoms with Gasteiger partial charge in [-0.05, 0) is 29.7 Å². The molecule has 2 aromatic carbocycles. The molecule has 2 saturated heterocycles. The molecule has 38 heavy (non-hydrogen) atoms. The molecular weight excluding hydrogens is 482 g/mol. The number of nitrogens with one attached hydrogen (secondary N) is 1. The number of carbonyl (C=O) groups excluding carboxylic acids is 4. The summed E-state index contributed by atoms with van der Waals surface area (Å²) in [5.74, 6) is -0.423. The third-order valence-corrected chi connectivity index (χ3v) is 8.09. The molecule has 0 radical (unpaired) electrons. The van der Waals surface area contributed by atoms with E-state index in [4.69, 9.17) is 9.47 Å². The molecule has 3 unspecified atom stereocenters. The standard InChI is InChI=1S/C25H29B4N3O6/c26-20-13(22(28)31-8-9-37-11-19(31)34)4-5-14(21(20)27)23(29)38-17-3-1-2-12-15(17)10-32(25(12)36)16-6-7-18(33)30-24(16)35/h1-5,16,22-23H,6-11,26-29H2,(H,30,33,35). The van der Waals surface area contributed by atoms with Gasteiger partial charge in [0.2, 0.25) is 17.7 Å². The van der Waals surface area contributed by atoms with Crippen LogP contribution < -0.4 is 21.0 Å². The Morgan fingerprint density at radius 1 is 1.03 bits per heavy atom. The van der Waals surface area contributed by atoms with Gasteiger partial charge in [-0.25, -0.2) is 0 Å². The number of rotatable bonds is 6. The van der Waals surface area contributed by atoms with Crippen LogP contribution in [0.3, 0.4) is 0 Å². The number of carbonyl (C=O) groups is 4. The molecule has 2 aromatic rings. The molecule has 0 bridgehead atoms. The minimum Gasteiger partial charge on any atom is -0.495 e. The molecule has 5 rings (SSSR count). The lowest BCUT2D eigenvalue weighted by atomic mass is 9.68. The molecule has 0 aromatic heterocycles. The van der Waals surface area contributed by atoms with Crippen molar-refractivity contribution in [2.75, 3.05) is 19.8 Å². The van der Waals surface area contributed by atoms with E-state index in [0.29, 0.717) is 30.9 Å². The Balaban J connectivity index is 1.35. The Kier molecular flexibility index (Phi) is 7.13. The van der Waals surface area contributed by atoms with Crippen LogP contribution in [0, 0.1) is 0 Å². The Morgan fingerprint density at radius 3 is 2.50 bits per heavy atom. The van der Waals surface area contributed by atoms with Gasteiger partial charge in [-0.15, -0.1) is 0 Å². The number of hydrogen-bond acceptors (Lipinski definition) is 6. The Morgan fingerprint density at radius 2 is 1.76 bits per heavy atom. The summed E-state index contributed by atoms with van der Waals surface area (Å²) in [4.78, 5) is 52.9. The molecule has 192 valence electrons. The largest absolute Gasteiger partial charge is 0.495 e. The Hall–Kier alpha value is -3.46. The fraction of sp³-hybridized carbons (Fsp3) is 0.360. The zero-order chi connectivity index (χ0) is 27.1. The van der Waals surface area contributed by atoms with Crippen LogP contribution in [0.5, 0.6) is 5.75 Å². The predicted octanol–water partition coefficient (Wildman–Crippen LogP) is -3.83. The molecule has 3 aliphatic rings. The number of nitrogens with zero attached hydrogens (tertiary/aromatic N) is 2. The second-order valence-electron chi connectivity index (χ2n) is 10.3. The van der Waals surface area contributed by atoms with Crippen molar-refractivity contribution in [3.8, 4) is 5.75 Å². The van der Waals surface area contributed by atoms with Crippen LogP contribution in [0.2, 0.25) is 0 Å². The van der Waals surface area contributed by atoms with Gasteiger partial charge in [0.15, 0.2) is 7.85 Å². The number of benzene rings is 2. The van der Waals surface area contributed by atoms with Gasteiger partial charge in [-0.1, -0.05) is 29.1 Å². The van der Waals surface area contributed by atoms with Crippen molar-refractivity contribution in [1.29, 1.82) is 0 Å². The van der Waals surface area contributed by atoms with E-state index in [9.17, 15) is 19.2 Å². The van der Waals surface area contributed by atoms with Crippen molar-refractivity contribution in [2.24, 2.45) is 0 Å². The predicted molar refractivity (Wildman–Crippen MR) is 151 cm³/mol. The van der Waals surface area contributed by atoms with E-state index in [2.05, 4.69) is 27.1 Å². The summed E-state index contributed by atoms with van der Waals surface area (Å²) in [5.41, 5.74) is 5.60. The van der Waals surface area contributed by atoms with Crippen LogP contribution in [0.15, 0.2) is 30.3 Å². The first-order chi connectivity index (χ1) is 18.2. The van der Waals surface area contributed by atoms with Crippen LogP contribution >= 0.6 is 0 Å². The lowest BCUT2D eigenvalue weighted by molar-refractivity contribution is -0.143. The zero-order valence-corrected chi connectivity index (χ0v) is 22.2. The van der Waals surface area contributed by atoms with Gasteiger partial charge >= 0.3 is 0 Å². The molecule has 3 heterocycles. The van der Waals surface area contributed by atoms with E-state index < -0.39 is 11.9 Å². The third-order valence-electron chi connectivity index (χ3n) is 8.09. The maximum absolute atomic E-state index is 13.2. The SMILES string of the molecule is Bc1c(C(B)Oc2cccc3c2CN(C2CCC(=O)NC2=O)C3=O)ccc(C(B)N2CCOCC2=O)c1B. The van der Waals surface area contributed by atoms with Gasteiger partial charge in [-0.3, -0.25) is 24.5 Å². The van der Waals surface area contributed by atoms with Gasteiger partial charge in [0.1, 0.15) is 41.9 Å². The summed E-state index contributed by atoms with van der Waals surface area (Å²) in [7, 11) is 8.15. The highest BCUT2D eigenvalue weighted by molar-refractivity contribution is 6.50. The van der Waals surface area contributed by atoms with E-state index in [0.717, 1.165) is 27.6 Å². The number of amides is 4. The number of piperidine rings is 1. The highest BCUT2D eigenvalue weighted by Gasteiger charge is 2.40. The minimum absolute atomic E-state index is 0.000382. The first kappa shape index (κ1) is 26.2. The molecule has 0 spiro atoms. The van der Waals surface area contributed by atoms with Gasteiger partial charge < -0.3 is 19.3 Å². The molecule has 0 saturated carbocycles. The number of morpholine rings is 1. The smallest absolute Gasteiger partial charge is 0.255 e. The minimum atomic E-state index is -0.671. The quantitative estimate of drug-likeness (QED) is 0.315. The van der Waals surface area contributed by atoms with Crippen molar-refractivity contribution >= 4 is 65.9 Å². The number of hydrogen-bond donors (Lipinski definition) is 1. The molecule has 0 aliphatic carbocycles. The van der Waals surface area contributed by atoms with Crippen LogP contribution in [0.4, 0.5) is 0 Å². The van der Waals surface area contributed by atoms with Crippen molar-refractivity contribution in [3.05, 3.63) is 52.6 Å². The van der Waals surface area contributed by atoms with E-state index in [-0.39, 0.29) is 49.2 Å². The fourth-order valence-electron chi connectivity index (χ4n) is 5.78. The highest BCUT2D eigenvalue weighted by atomic mass is 16.5. The maximum atomic E-state index is 13.2. The average Bonchev–Trinajstić information content (AvgIpc) is 3.22. The second kappa shape index (κ2) is 10.4. The summed E-state index contributed by atoms with van der Waals surface area (Å²) >= 11 is 0. The van der Waals surface area contributed by atoms with Crippen molar-refractivity contribution in [2.45, 2.75) is 37.4 Å². The van der Waals surface area contributed by atoms with Crippen molar-refractivity contribution < 1.29 is 28.7 Å². The molecular formula is C25H29B4N3O6. The molecule has 9 nitrogen and oxygen atoms in total. The topological polar surface area (TPSA) is 105 Å². The van der Waals surface area contributed by atoms with Gasteiger partial charge in [0, 0.05) is 30.0 Å². The summed E-state index contributed by atoms with van der Waals surface area (Å²) in [6.07, 6.45) is 0.528. The summed E-state index contributed by atoms with van der Waals surface area (Å²) in [6.45, 7) is 1.50. The fourth-order valence-corrected chi connectivity index (χ4v) is 5.78. The van der Waals surface area contributed by atoms with Crippen LogP contribution in [0.25, 0.3) is 0 Å². The van der Waals surface area contributed by atoms with Crippen LogP contribution in [0.1, 0.15) is 51.8 Å². The van der Waals surface area contributed by atoms with Crippen LogP contribution in [-0.4, -0.2) is 90.6 Å². The van der Waals surface area contributed by atoms with Crippen molar-refractivity contribution in [3.63, 3.8) is 0 Å². The summed E-state index contributed by atoms with van der Waals surface area (Å²) in [5, 5.41) is 2.34. The highest BCUT2D eigenvalue weighted by Crippen LogP contribution is 2.35. The Labute approximate surface area is 225 Å². The van der Waals surface area contributed by atoms with E-state index in [1.807, 2.05) is 32.7 Å². The van der Waals surface area contributed by atoms with E-state index in [1.165, 1.54) is 4.90 Å². The molecule has 3 aliphatic heterocycles. The van der Waals surface area contributed by atoms with Gasteiger partial charge in [0.25, 0.3) is 5.91 Å². The lowest BCUT2D eigenvalue weighted by Gasteiger charge is -2.34. The van der Waals surface area contributed by atoms with Crippen molar-refractivity contribution in [1.82, 2.24) is 15.1 Å². The molecule has 3 atom stereocenters. The molecule has 4 amide bonds. The lowest BCUT2D eigenvalue weighted by Crippen LogP contribution is -2.52. The second-order valence-corrected chi connectivity index (χ2v) is 10.3. The number of ether oxygens (including phenoxy) is 2.